The maximum Gasteiger partial charge on any atom is 0.303 e. The number of aliphatic hydroxyl groups excluding tert-OH is 3. The number of hydrogen-bond acceptors (Lipinski definition) is 5. The molecule has 1 aliphatic heterocycles. The molecule has 1 aliphatic rings. The molecule has 0 radical (unpaired) electrons. The molecular formula is C22H34O6. The van der Waals surface area contributed by atoms with Crippen molar-refractivity contribution in [2.45, 2.75) is 82.4 Å². The van der Waals surface area contributed by atoms with Crippen molar-refractivity contribution in [2.75, 3.05) is 0 Å². The summed E-state index contributed by atoms with van der Waals surface area (Å²) in [7, 11) is 0. The lowest BCUT2D eigenvalue weighted by atomic mass is 10.0. The second-order valence-electron chi connectivity index (χ2n) is 6.92. The van der Waals surface area contributed by atoms with Gasteiger partial charge in [0.2, 0.25) is 0 Å². The maximum atomic E-state index is 10.5. The van der Waals surface area contributed by atoms with Crippen molar-refractivity contribution in [3.05, 3.63) is 48.6 Å². The minimum Gasteiger partial charge on any atom is -0.481 e. The number of rotatable bonds is 13. The van der Waals surface area contributed by atoms with Gasteiger partial charge in [-0.3, -0.25) is 4.79 Å². The van der Waals surface area contributed by atoms with E-state index in [1.807, 2.05) is 12.2 Å². The predicted molar refractivity (Wildman–Crippen MR) is 109 cm³/mol. The van der Waals surface area contributed by atoms with Gasteiger partial charge in [-0.1, -0.05) is 55.5 Å². The lowest BCUT2D eigenvalue weighted by Gasteiger charge is -2.16. The summed E-state index contributed by atoms with van der Waals surface area (Å²) in [5, 5.41) is 38.8. The first-order valence-corrected chi connectivity index (χ1v) is 9.98. The van der Waals surface area contributed by atoms with E-state index in [4.69, 9.17) is 9.84 Å². The molecule has 1 rings (SSSR count). The molecule has 1 heterocycles. The fourth-order valence-corrected chi connectivity index (χ4v) is 2.87. The van der Waals surface area contributed by atoms with Gasteiger partial charge in [0.1, 0.15) is 0 Å². The SMILES string of the molecule is CC/C=C\C/C=C\C[C@H](O)/C=C/[C@@H](O)[C@H]1C[C@H](O)[C@H](C/C=C\CCC(=O)O)O1. The van der Waals surface area contributed by atoms with Crippen molar-refractivity contribution in [2.24, 2.45) is 0 Å². The Balaban J connectivity index is 2.33. The van der Waals surface area contributed by atoms with Crippen LogP contribution < -0.4 is 0 Å². The van der Waals surface area contributed by atoms with Gasteiger partial charge in [0.15, 0.2) is 0 Å². The van der Waals surface area contributed by atoms with E-state index in [0.29, 0.717) is 25.7 Å². The van der Waals surface area contributed by atoms with Gasteiger partial charge in [-0.05, 0) is 32.1 Å². The number of carboxylic acid groups (broad SMARTS) is 1. The van der Waals surface area contributed by atoms with Crippen molar-refractivity contribution in [1.29, 1.82) is 0 Å². The molecule has 0 aromatic rings. The highest BCUT2D eigenvalue weighted by atomic mass is 16.5. The van der Waals surface area contributed by atoms with E-state index < -0.39 is 36.5 Å². The third kappa shape index (κ3) is 10.6. The molecule has 0 unspecified atom stereocenters. The van der Waals surface area contributed by atoms with Crippen molar-refractivity contribution in [3.63, 3.8) is 0 Å². The third-order valence-corrected chi connectivity index (χ3v) is 4.44. The van der Waals surface area contributed by atoms with E-state index in [2.05, 4.69) is 19.1 Å². The monoisotopic (exact) mass is 394 g/mol. The summed E-state index contributed by atoms with van der Waals surface area (Å²) < 4.78 is 5.71. The summed E-state index contributed by atoms with van der Waals surface area (Å²) in [6, 6.07) is 0. The Kier molecular flexibility index (Phi) is 12.4. The number of hydrogen-bond donors (Lipinski definition) is 4. The Morgan fingerprint density at radius 1 is 1.11 bits per heavy atom. The number of allylic oxidation sites excluding steroid dienone is 4. The Morgan fingerprint density at radius 2 is 1.86 bits per heavy atom. The van der Waals surface area contributed by atoms with Crippen LogP contribution in [0.2, 0.25) is 0 Å². The second-order valence-corrected chi connectivity index (χ2v) is 6.92. The normalized spacial score (nSPS) is 25.5. The minimum absolute atomic E-state index is 0.0731. The van der Waals surface area contributed by atoms with Crippen LogP contribution in [-0.2, 0) is 9.53 Å². The standard InChI is InChI=1S/C22H34O6/c1-2-3-4-5-6-8-11-17(23)14-15-18(24)21-16-19(25)20(28-21)12-9-7-10-13-22(26)27/h3-4,6-9,14-15,17-21,23-25H,2,5,10-13,16H2,1H3,(H,26,27)/b4-3-,8-6-,9-7-,15-14+/t17-,18+,19-,20-,21+/m0/s1. The van der Waals surface area contributed by atoms with Crippen molar-refractivity contribution >= 4 is 5.97 Å². The van der Waals surface area contributed by atoms with E-state index in [0.717, 1.165) is 12.8 Å². The Hall–Kier alpha value is -1.73. The molecule has 28 heavy (non-hydrogen) atoms. The Bertz CT molecular complexity index is 551. The minimum atomic E-state index is -0.901. The van der Waals surface area contributed by atoms with Crippen LogP contribution in [0.25, 0.3) is 0 Å². The van der Waals surface area contributed by atoms with E-state index in [9.17, 15) is 20.1 Å². The van der Waals surface area contributed by atoms with Gasteiger partial charge in [0.05, 0.1) is 30.5 Å². The van der Waals surface area contributed by atoms with Crippen LogP contribution in [0.1, 0.15) is 51.9 Å². The first-order chi connectivity index (χ1) is 13.4. The summed E-state index contributed by atoms with van der Waals surface area (Å²) >= 11 is 0. The first kappa shape index (κ1) is 24.3. The van der Waals surface area contributed by atoms with E-state index in [1.54, 1.807) is 18.2 Å². The molecule has 4 N–H and O–H groups in total. The van der Waals surface area contributed by atoms with Gasteiger partial charge in [0.25, 0.3) is 0 Å². The lowest BCUT2D eigenvalue weighted by molar-refractivity contribution is -0.136. The molecule has 0 bridgehead atoms. The molecule has 0 aliphatic carbocycles. The zero-order chi connectivity index (χ0) is 20.8. The van der Waals surface area contributed by atoms with Gasteiger partial charge in [0, 0.05) is 12.8 Å². The van der Waals surface area contributed by atoms with Crippen LogP contribution in [0.15, 0.2) is 48.6 Å². The topological polar surface area (TPSA) is 107 Å². The number of aliphatic carboxylic acids is 1. The fraction of sp³-hybridized carbons (Fsp3) is 0.591. The van der Waals surface area contributed by atoms with Crippen LogP contribution in [0.3, 0.4) is 0 Å². The molecule has 6 heteroatoms. The number of ether oxygens (including phenoxy) is 1. The summed E-state index contributed by atoms with van der Waals surface area (Å²) in [5.74, 6) is -0.845. The van der Waals surface area contributed by atoms with Crippen LogP contribution >= 0.6 is 0 Å². The summed E-state index contributed by atoms with van der Waals surface area (Å²) in [5.41, 5.74) is 0. The van der Waals surface area contributed by atoms with E-state index in [-0.39, 0.29) is 6.42 Å². The summed E-state index contributed by atoms with van der Waals surface area (Å²) in [4.78, 5) is 10.5. The molecule has 1 fully saturated rings. The molecule has 1 saturated heterocycles. The van der Waals surface area contributed by atoms with E-state index >= 15 is 0 Å². The molecular weight excluding hydrogens is 360 g/mol. The highest BCUT2D eigenvalue weighted by molar-refractivity contribution is 5.66. The van der Waals surface area contributed by atoms with E-state index in [1.165, 1.54) is 6.08 Å². The number of carboxylic acids is 1. The lowest BCUT2D eigenvalue weighted by Crippen LogP contribution is -2.24. The van der Waals surface area contributed by atoms with Crippen LogP contribution in [0.5, 0.6) is 0 Å². The van der Waals surface area contributed by atoms with Crippen molar-refractivity contribution < 1.29 is 30.0 Å². The zero-order valence-electron chi connectivity index (χ0n) is 16.6. The number of aliphatic hydroxyl groups is 3. The average Bonchev–Trinajstić information content (AvgIpc) is 3.03. The van der Waals surface area contributed by atoms with Crippen LogP contribution in [0, 0.1) is 0 Å². The first-order valence-electron chi connectivity index (χ1n) is 9.98. The van der Waals surface area contributed by atoms with Gasteiger partial charge < -0.3 is 25.2 Å². The maximum absolute atomic E-state index is 10.5. The summed E-state index contributed by atoms with van der Waals surface area (Å²) in [6.07, 6.45) is 15.1. The fourth-order valence-electron chi connectivity index (χ4n) is 2.87. The quantitative estimate of drug-likeness (QED) is 0.358. The zero-order valence-corrected chi connectivity index (χ0v) is 16.6. The molecule has 6 nitrogen and oxygen atoms in total. The van der Waals surface area contributed by atoms with Crippen molar-refractivity contribution in [1.82, 2.24) is 0 Å². The van der Waals surface area contributed by atoms with Crippen LogP contribution in [-0.4, -0.2) is 56.9 Å². The Labute approximate surface area is 167 Å². The molecule has 0 spiro atoms. The smallest absolute Gasteiger partial charge is 0.303 e. The number of carbonyl (C=O) groups is 1. The molecule has 0 aromatic heterocycles. The van der Waals surface area contributed by atoms with Crippen molar-refractivity contribution in [3.8, 4) is 0 Å². The molecule has 158 valence electrons. The largest absolute Gasteiger partial charge is 0.481 e. The predicted octanol–water partition coefficient (Wildman–Crippen LogP) is 2.90. The second kappa shape index (κ2) is 14.3. The highest BCUT2D eigenvalue weighted by Crippen LogP contribution is 2.26. The molecule has 5 atom stereocenters. The third-order valence-electron chi connectivity index (χ3n) is 4.44. The van der Waals surface area contributed by atoms with Gasteiger partial charge in [-0.2, -0.15) is 0 Å². The Morgan fingerprint density at radius 3 is 2.57 bits per heavy atom. The summed E-state index contributed by atoms with van der Waals surface area (Å²) in [6.45, 7) is 2.08. The molecule has 0 aromatic carbocycles. The average molecular weight is 395 g/mol. The molecule has 0 saturated carbocycles. The molecule has 0 amide bonds. The van der Waals surface area contributed by atoms with Gasteiger partial charge >= 0.3 is 5.97 Å². The van der Waals surface area contributed by atoms with Gasteiger partial charge in [-0.25, -0.2) is 0 Å². The van der Waals surface area contributed by atoms with Crippen LogP contribution in [0.4, 0.5) is 0 Å². The highest BCUT2D eigenvalue weighted by Gasteiger charge is 2.36. The van der Waals surface area contributed by atoms with Gasteiger partial charge in [-0.15, -0.1) is 0 Å².